The summed E-state index contributed by atoms with van der Waals surface area (Å²) in [5.41, 5.74) is 2.59. The summed E-state index contributed by atoms with van der Waals surface area (Å²) in [6, 6.07) is 31.8. The van der Waals surface area contributed by atoms with Crippen molar-refractivity contribution in [3.8, 4) is 5.75 Å². The smallest absolute Gasteiger partial charge is 0.410 e. The molecule has 1 aliphatic rings. The predicted octanol–water partition coefficient (Wildman–Crippen LogP) is 5.30. The van der Waals surface area contributed by atoms with Crippen LogP contribution in [0.2, 0.25) is 0 Å². The lowest BCUT2D eigenvalue weighted by molar-refractivity contribution is -0.125. The fourth-order valence-corrected chi connectivity index (χ4v) is 4.36. The molecule has 1 atom stereocenters. The quantitative estimate of drug-likeness (QED) is 0.354. The third-order valence-corrected chi connectivity index (χ3v) is 6.24. The minimum Gasteiger partial charge on any atom is -0.410 e. The fraction of sp³-hybridized carbons (Fsp3) is 0.167. The van der Waals surface area contributed by atoms with E-state index in [1.165, 1.54) is 4.90 Å². The maximum absolute atomic E-state index is 13.3. The molecule has 4 aromatic carbocycles. The van der Waals surface area contributed by atoms with Gasteiger partial charge in [-0.3, -0.25) is 9.69 Å². The van der Waals surface area contributed by atoms with E-state index < -0.39 is 12.1 Å². The van der Waals surface area contributed by atoms with Gasteiger partial charge >= 0.3 is 6.09 Å². The Morgan fingerprint density at radius 3 is 2.38 bits per heavy atom. The normalized spacial score (nSPS) is 16.1. The number of fused-ring (bicyclic) bond motifs is 1. The molecule has 4 aromatic rings. The number of para-hydroxylation sites is 1. The van der Waals surface area contributed by atoms with Crippen LogP contribution in [0, 0.1) is 0 Å². The highest BCUT2D eigenvalue weighted by molar-refractivity contribution is 6.00. The first-order chi connectivity index (χ1) is 18.2. The number of likely N-dealkylation sites (tertiary alicyclic amines) is 1. The van der Waals surface area contributed by atoms with Gasteiger partial charge in [-0.1, -0.05) is 96.2 Å². The van der Waals surface area contributed by atoms with Gasteiger partial charge in [-0.2, -0.15) is 0 Å². The van der Waals surface area contributed by atoms with E-state index in [4.69, 9.17) is 9.57 Å². The summed E-state index contributed by atoms with van der Waals surface area (Å²) >= 11 is 0. The Hall–Kier alpha value is -4.65. The Kier molecular flexibility index (Phi) is 7.41. The zero-order valence-corrected chi connectivity index (χ0v) is 20.2. The number of rotatable bonds is 7. The van der Waals surface area contributed by atoms with Crippen LogP contribution in [0.1, 0.15) is 17.5 Å². The number of oxime groups is 1. The number of benzene rings is 4. The molecular weight excluding hydrogens is 466 g/mol. The van der Waals surface area contributed by atoms with E-state index in [0.29, 0.717) is 24.6 Å². The number of ether oxygens (including phenoxy) is 1. The second kappa shape index (κ2) is 11.4. The molecule has 1 aliphatic heterocycles. The van der Waals surface area contributed by atoms with Crippen molar-refractivity contribution >= 4 is 28.5 Å². The molecule has 1 unspecified atom stereocenters. The van der Waals surface area contributed by atoms with Gasteiger partial charge in [-0.05, 0) is 34.0 Å². The molecule has 0 aliphatic carbocycles. The Morgan fingerprint density at radius 2 is 1.57 bits per heavy atom. The fourth-order valence-electron chi connectivity index (χ4n) is 4.36. The lowest BCUT2D eigenvalue weighted by atomic mass is 10.0. The topological polar surface area (TPSA) is 80.2 Å². The van der Waals surface area contributed by atoms with Crippen LogP contribution in [0.3, 0.4) is 0 Å². The molecule has 0 radical (unpaired) electrons. The summed E-state index contributed by atoms with van der Waals surface area (Å²) in [5, 5.41) is 9.42. The summed E-state index contributed by atoms with van der Waals surface area (Å²) in [7, 11) is 0. The lowest BCUT2D eigenvalue weighted by Gasteiger charge is -2.22. The van der Waals surface area contributed by atoms with Crippen LogP contribution in [-0.4, -0.2) is 35.2 Å². The molecule has 37 heavy (non-hydrogen) atoms. The minimum atomic E-state index is -0.759. The molecule has 1 saturated heterocycles. The van der Waals surface area contributed by atoms with Crippen molar-refractivity contribution in [1.82, 2.24) is 10.2 Å². The average Bonchev–Trinajstić information content (AvgIpc) is 3.37. The average molecular weight is 494 g/mol. The molecule has 1 N–H and O–H groups in total. The van der Waals surface area contributed by atoms with Crippen molar-refractivity contribution in [3.05, 3.63) is 114 Å². The van der Waals surface area contributed by atoms with Crippen molar-refractivity contribution in [2.45, 2.75) is 25.6 Å². The number of amides is 2. The van der Waals surface area contributed by atoms with Crippen LogP contribution in [-0.2, 0) is 22.8 Å². The number of hydrogen-bond acceptors (Lipinski definition) is 5. The molecule has 0 aromatic heterocycles. The standard InChI is InChI=1S/C30H27N3O4/c34-29(31-19-24-14-9-13-23-12-7-8-17-27(23)24)28-18-25(32-36-21-22-10-3-1-4-11-22)20-33(28)30(35)37-26-15-5-2-6-16-26/h1-17,28H,18-21H2,(H,31,34)/b32-25+. The van der Waals surface area contributed by atoms with E-state index in [1.54, 1.807) is 24.3 Å². The van der Waals surface area contributed by atoms with Crippen LogP contribution < -0.4 is 10.1 Å². The Labute approximate surface area is 215 Å². The number of nitrogens with one attached hydrogen (secondary N) is 1. The third kappa shape index (κ3) is 5.95. The molecule has 0 saturated carbocycles. The highest BCUT2D eigenvalue weighted by Gasteiger charge is 2.39. The van der Waals surface area contributed by atoms with Gasteiger partial charge in [0.2, 0.25) is 5.91 Å². The zero-order valence-electron chi connectivity index (χ0n) is 20.2. The molecule has 1 heterocycles. The molecule has 7 nitrogen and oxygen atoms in total. The van der Waals surface area contributed by atoms with Gasteiger partial charge in [0.15, 0.2) is 0 Å². The molecule has 1 fully saturated rings. The Balaban J connectivity index is 1.29. The number of carbonyl (C=O) groups excluding carboxylic acids is 2. The molecule has 2 amide bonds. The van der Waals surface area contributed by atoms with E-state index >= 15 is 0 Å². The Bertz CT molecular complexity index is 1400. The van der Waals surface area contributed by atoms with E-state index in [9.17, 15) is 9.59 Å². The second-order valence-electron chi connectivity index (χ2n) is 8.80. The van der Waals surface area contributed by atoms with Gasteiger partial charge in [0, 0.05) is 13.0 Å². The minimum absolute atomic E-state index is 0.146. The number of nitrogens with zero attached hydrogens (tertiary/aromatic N) is 2. The van der Waals surface area contributed by atoms with Gasteiger partial charge in [0.05, 0.1) is 12.3 Å². The van der Waals surface area contributed by atoms with E-state index in [0.717, 1.165) is 21.9 Å². The maximum Gasteiger partial charge on any atom is 0.416 e. The molecule has 7 heteroatoms. The summed E-state index contributed by atoms with van der Waals surface area (Å²) in [6.07, 6.45) is -0.343. The predicted molar refractivity (Wildman–Crippen MR) is 142 cm³/mol. The van der Waals surface area contributed by atoms with Gasteiger partial charge in [0.25, 0.3) is 0 Å². The van der Waals surface area contributed by atoms with E-state index in [1.807, 2.05) is 78.9 Å². The van der Waals surface area contributed by atoms with Gasteiger partial charge < -0.3 is 14.9 Å². The number of hydrogen-bond donors (Lipinski definition) is 1. The van der Waals surface area contributed by atoms with Crippen LogP contribution in [0.15, 0.2) is 108 Å². The molecule has 186 valence electrons. The second-order valence-corrected chi connectivity index (χ2v) is 8.80. The first-order valence-electron chi connectivity index (χ1n) is 12.2. The maximum atomic E-state index is 13.3. The van der Waals surface area contributed by atoms with Crippen LogP contribution >= 0.6 is 0 Å². The summed E-state index contributed by atoms with van der Waals surface area (Å²) in [5.74, 6) is 0.138. The molecule has 0 spiro atoms. The third-order valence-electron chi connectivity index (χ3n) is 6.24. The van der Waals surface area contributed by atoms with Crippen molar-refractivity contribution in [2.75, 3.05) is 6.54 Å². The van der Waals surface area contributed by atoms with Crippen molar-refractivity contribution < 1.29 is 19.2 Å². The Morgan fingerprint density at radius 1 is 0.865 bits per heavy atom. The van der Waals surface area contributed by atoms with Gasteiger partial charge in [-0.25, -0.2) is 4.79 Å². The molecular formula is C30H27N3O4. The molecule has 5 rings (SSSR count). The largest absolute Gasteiger partial charge is 0.416 e. The highest BCUT2D eigenvalue weighted by Crippen LogP contribution is 2.21. The lowest BCUT2D eigenvalue weighted by Crippen LogP contribution is -2.46. The van der Waals surface area contributed by atoms with E-state index in [-0.39, 0.29) is 18.9 Å². The first kappa shape index (κ1) is 24.1. The summed E-state index contributed by atoms with van der Waals surface area (Å²) < 4.78 is 5.53. The number of carbonyl (C=O) groups is 2. The van der Waals surface area contributed by atoms with E-state index in [2.05, 4.69) is 10.5 Å². The van der Waals surface area contributed by atoms with Gasteiger partial charge in [-0.15, -0.1) is 0 Å². The SMILES string of the molecule is O=C(NCc1cccc2ccccc12)C1C/C(=N\OCc2ccccc2)CN1C(=O)Oc1ccccc1. The van der Waals surface area contributed by atoms with Crippen LogP contribution in [0.25, 0.3) is 10.8 Å². The summed E-state index contributed by atoms with van der Waals surface area (Å²) in [6.45, 7) is 0.790. The van der Waals surface area contributed by atoms with Crippen molar-refractivity contribution in [1.29, 1.82) is 0 Å². The molecule has 0 bridgehead atoms. The van der Waals surface area contributed by atoms with Crippen LogP contribution in [0.4, 0.5) is 4.79 Å². The van der Waals surface area contributed by atoms with Crippen molar-refractivity contribution in [2.24, 2.45) is 5.16 Å². The van der Waals surface area contributed by atoms with Crippen LogP contribution in [0.5, 0.6) is 5.75 Å². The van der Waals surface area contributed by atoms with Crippen molar-refractivity contribution in [3.63, 3.8) is 0 Å². The first-order valence-corrected chi connectivity index (χ1v) is 12.2. The van der Waals surface area contributed by atoms with Gasteiger partial charge in [0.1, 0.15) is 18.4 Å². The monoisotopic (exact) mass is 493 g/mol. The zero-order chi connectivity index (χ0) is 25.5. The summed E-state index contributed by atoms with van der Waals surface area (Å²) in [4.78, 5) is 33.3. The highest BCUT2D eigenvalue weighted by atomic mass is 16.6.